The average Bonchev–Trinajstić information content (AvgIpc) is 1.94. The topological polar surface area (TPSA) is 54.4 Å². The van der Waals surface area contributed by atoms with Gasteiger partial charge < -0.3 is 5.11 Å². The third kappa shape index (κ3) is 2.36. The second-order valence-corrected chi connectivity index (χ2v) is 5.90. The molecule has 0 saturated heterocycles. The molecule has 72 valence electrons. The number of phenols is 1. The van der Waals surface area contributed by atoms with Crippen LogP contribution in [0.2, 0.25) is 0 Å². The summed E-state index contributed by atoms with van der Waals surface area (Å²) in [5, 5.41) is 9.21. The highest BCUT2D eigenvalue weighted by molar-refractivity contribution is 9.10. The molecule has 0 aliphatic heterocycles. The van der Waals surface area contributed by atoms with Crippen molar-refractivity contribution in [3.63, 3.8) is 0 Å². The predicted molar refractivity (Wildman–Crippen MR) is 53.6 cm³/mol. The van der Waals surface area contributed by atoms with Crippen LogP contribution in [0.4, 0.5) is 0 Å². The second-order valence-electron chi connectivity index (χ2n) is 2.51. The van der Waals surface area contributed by atoms with E-state index in [4.69, 9.17) is 10.7 Å². The Balaban J connectivity index is 3.50. The molecule has 0 spiro atoms. The van der Waals surface area contributed by atoms with Gasteiger partial charge >= 0.3 is 0 Å². The van der Waals surface area contributed by atoms with Crippen LogP contribution < -0.4 is 0 Å². The van der Waals surface area contributed by atoms with Crippen molar-refractivity contribution in [1.29, 1.82) is 0 Å². The van der Waals surface area contributed by atoms with E-state index in [1.165, 1.54) is 12.1 Å². The molecule has 6 heteroatoms. The maximum atomic E-state index is 11.0. The van der Waals surface area contributed by atoms with Crippen LogP contribution in [0, 0.1) is 6.92 Å². The Morgan fingerprint density at radius 1 is 1.46 bits per heavy atom. The zero-order chi connectivity index (χ0) is 10.2. The zero-order valence-electron chi connectivity index (χ0n) is 6.58. The highest BCUT2D eigenvalue weighted by Gasteiger charge is 2.15. The van der Waals surface area contributed by atoms with Gasteiger partial charge in [-0.2, -0.15) is 0 Å². The highest BCUT2D eigenvalue weighted by atomic mass is 79.9. The first kappa shape index (κ1) is 10.8. The van der Waals surface area contributed by atoms with Crippen LogP contribution in [-0.4, -0.2) is 13.5 Å². The number of aryl methyl sites for hydroxylation is 1. The maximum absolute atomic E-state index is 11.0. The molecule has 0 aliphatic carbocycles. The van der Waals surface area contributed by atoms with Crippen molar-refractivity contribution in [1.82, 2.24) is 0 Å². The van der Waals surface area contributed by atoms with Gasteiger partial charge in [-0.1, -0.05) is 0 Å². The second kappa shape index (κ2) is 3.48. The Morgan fingerprint density at radius 2 is 2.00 bits per heavy atom. The maximum Gasteiger partial charge on any atom is 0.261 e. The fourth-order valence-corrected chi connectivity index (χ4v) is 2.61. The molecule has 0 atom stereocenters. The zero-order valence-corrected chi connectivity index (χ0v) is 9.74. The number of benzene rings is 1. The molecule has 0 unspecified atom stereocenters. The summed E-state index contributed by atoms with van der Waals surface area (Å²) in [6.07, 6.45) is 0. The molecule has 0 bridgehead atoms. The molecule has 1 aromatic rings. The first-order chi connectivity index (χ1) is 5.82. The largest absolute Gasteiger partial charge is 0.507 e. The van der Waals surface area contributed by atoms with Crippen molar-refractivity contribution in [2.45, 2.75) is 11.8 Å². The lowest BCUT2D eigenvalue weighted by Gasteiger charge is -2.03. The number of rotatable bonds is 1. The van der Waals surface area contributed by atoms with Gasteiger partial charge in [-0.05, 0) is 40.5 Å². The van der Waals surface area contributed by atoms with Crippen molar-refractivity contribution in [2.75, 3.05) is 0 Å². The lowest BCUT2D eigenvalue weighted by molar-refractivity contribution is 0.470. The predicted octanol–water partition coefficient (Wildman–Crippen LogP) is 2.39. The molecule has 0 amide bonds. The van der Waals surface area contributed by atoms with E-state index in [-0.39, 0.29) is 10.6 Å². The van der Waals surface area contributed by atoms with Gasteiger partial charge in [0.1, 0.15) is 5.75 Å². The van der Waals surface area contributed by atoms with E-state index in [9.17, 15) is 13.5 Å². The molecule has 0 radical (unpaired) electrons. The normalized spacial score (nSPS) is 11.6. The number of aromatic hydroxyl groups is 1. The Kier molecular flexibility index (Phi) is 2.89. The summed E-state index contributed by atoms with van der Waals surface area (Å²) in [5.41, 5.74) is 0.413. The number of halogens is 2. The van der Waals surface area contributed by atoms with Crippen LogP contribution in [0.1, 0.15) is 5.56 Å². The molecule has 0 aliphatic rings. The Labute approximate surface area is 88.9 Å². The van der Waals surface area contributed by atoms with Crippen molar-refractivity contribution in [3.05, 3.63) is 22.2 Å². The van der Waals surface area contributed by atoms with Gasteiger partial charge in [0.2, 0.25) is 0 Å². The van der Waals surface area contributed by atoms with E-state index >= 15 is 0 Å². The Morgan fingerprint density at radius 3 is 2.46 bits per heavy atom. The summed E-state index contributed by atoms with van der Waals surface area (Å²) in [5.74, 6) is -0.0124. The SMILES string of the molecule is Cc1cc(O)c(Br)cc1S(=O)(=O)Cl. The summed E-state index contributed by atoms with van der Waals surface area (Å²) in [6.45, 7) is 1.56. The third-order valence-electron chi connectivity index (χ3n) is 1.51. The van der Waals surface area contributed by atoms with E-state index < -0.39 is 9.05 Å². The van der Waals surface area contributed by atoms with Crippen LogP contribution in [0.3, 0.4) is 0 Å². The molecule has 0 saturated carbocycles. The molecule has 0 aromatic heterocycles. The van der Waals surface area contributed by atoms with Gasteiger partial charge in [0, 0.05) is 10.7 Å². The Bertz CT molecular complexity index is 441. The summed E-state index contributed by atoms with van der Waals surface area (Å²) in [4.78, 5) is -0.00107. The lowest BCUT2D eigenvalue weighted by Crippen LogP contribution is -1.94. The van der Waals surface area contributed by atoms with Crippen LogP contribution in [0.15, 0.2) is 21.5 Å². The molecule has 0 heterocycles. The summed E-state index contributed by atoms with van der Waals surface area (Å²) in [6, 6.07) is 2.60. The molecular formula is C7H6BrClO3S. The van der Waals surface area contributed by atoms with Gasteiger partial charge in [-0.15, -0.1) is 0 Å². The van der Waals surface area contributed by atoms with E-state index in [1.54, 1.807) is 6.92 Å². The van der Waals surface area contributed by atoms with Gasteiger partial charge in [0.15, 0.2) is 0 Å². The van der Waals surface area contributed by atoms with Crippen molar-refractivity contribution in [3.8, 4) is 5.75 Å². The standard InChI is InChI=1S/C7H6BrClO3S/c1-4-2-6(10)5(8)3-7(4)13(9,11)12/h2-3,10H,1H3. The molecular weight excluding hydrogens is 279 g/mol. The Hall–Kier alpha value is -0.260. The van der Waals surface area contributed by atoms with Crippen LogP contribution >= 0.6 is 26.6 Å². The van der Waals surface area contributed by atoms with E-state index in [1.807, 2.05) is 0 Å². The monoisotopic (exact) mass is 284 g/mol. The van der Waals surface area contributed by atoms with Gasteiger partial charge in [0.05, 0.1) is 9.37 Å². The average molecular weight is 286 g/mol. The van der Waals surface area contributed by atoms with Crippen molar-refractivity contribution >= 4 is 35.7 Å². The molecule has 1 rings (SSSR count). The molecule has 0 fully saturated rings. The van der Waals surface area contributed by atoms with Crippen molar-refractivity contribution < 1.29 is 13.5 Å². The quantitative estimate of drug-likeness (QED) is 0.806. The van der Waals surface area contributed by atoms with E-state index in [0.29, 0.717) is 10.0 Å². The van der Waals surface area contributed by atoms with Gasteiger partial charge in [-0.25, -0.2) is 8.42 Å². The highest BCUT2D eigenvalue weighted by Crippen LogP contribution is 2.30. The molecule has 13 heavy (non-hydrogen) atoms. The van der Waals surface area contributed by atoms with Crippen LogP contribution in [0.25, 0.3) is 0 Å². The minimum absolute atomic E-state index is 0.00107. The summed E-state index contributed by atoms with van der Waals surface area (Å²) in [7, 11) is 1.42. The van der Waals surface area contributed by atoms with E-state index in [0.717, 1.165) is 0 Å². The smallest absolute Gasteiger partial charge is 0.261 e. The fourth-order valence-electron chi connectivity index (χ4n) is 0.911. The van der Waals surface area contributed by atoms with Crippen LogP contribution in [0.5, 0.6) is 5.75 Å². The van der Waals surface area contributed by atoms with Crippen molar-refractivity contribution in [2.24, 2.45) is 0 Å². The number of phenolic OH excluding ortho intramolecular Hbond substituents is 1. The molecule has 3 nitrogen and oxygen atoms in total. The lowest BCUT2D eigenvalue weighted by atomic mass is 10.2. The fraction of sp³-hybridized carbons (Fsp3) is 0.143. The third-order valence-corrected chi connectivity index (χ3v) is 3.61. The number of hydrogen-bond acceptors (Lipinski definition) is 3. The molecule has 1 N–H and O–H groups in total. The molecule has 1 aromatic carbocycles. The minimum atomic E-state index is -3.74. The van der Waals surface area contributed by atoms with Gasteiger partial charge in [0.25, 0.3) is 9.05 Å². The summed E-state index contributed by atoms with van der Waals surface area (Å²) >= 11 is 3.00. The van der Waals surface area contributed by atoms with E-state index in [2.05, 4.69) is 15.9 Å². The van der Waals surface area contributed by atoms with Crippen LogP contribution in [-0.2, 0) is 9.05 Å². The minimum Gasteiger partial charge on any atom is -0.507 e. The first-order valence-electron chi connectivity index (χ1n) is 3.26. The first-order valence-corrected chi connectivity index (χ1v) is 6.36. The summed E-state index contributed by atoms with van der Waals surface area (Å²) < 4.78 is 22.3. The number of hydrogen-bond donors (Lipinski definition) is 1. The van der Waals surface area contributed by atoms with Gasteiger partial charge in [-0.3, -0.25) is 0 Å².